The Morgan fingerprint density at radius 3 is 2.59 bits per heavy atom. The summed E-state index contributed by atoms with van der Waals surface area (Å²) < 4.78 is 37.8. The van der Waals surface area contributed by atoms with Crippen LogP contribution in [0.2, 0.25) is 0 Å². The number of ether oxygens (including phenoxy) is 1. The number of β-lactam (4-membered cyclic amide) rings is 1. The lowest BCUT2D eigenvalue weighted by Crippen LogP contribution is -2.74. The summed E-state index contributed by atoms with van der Waals surface area (Å²) in [4.78, 5) is 52.7. The summed E-state index contributed by atoms with van der Waals surface area (Å²) in [5.41, 5.74) is 7.62. The molecule has 2 aliphatic rings. The van der Waals surface area contributed by atoms with Crippen molar-refractivity contribution in [3.63, 3.8) is 0 Å². The Bertz CT molecular complexity index is 1200. The van der Waals surface area contributed by atoms with Gasteiger partial charge >= 0.3 is 22.4 Å². The number of rotatable bonds is 14. The third-order valence-corrected chi connectivity index (χ3v) is 6.64. The van der Waals surface area contributed by atoms with Gasteiger partial charge in [-0.25, -0.2) is 13.9 Å². The molecule has 2 aliphatic heterocycles. The van der Waals surface area contributed by atoms with E-state index in [0.717, 1.165) is 16.9 Å². The van der Waals surface area contributed by atoms with E-state index in [4.69, 9.17) is 16.3 Å². The maximum atomic E-state index is 13.1. The fraction of sp³-hybridized carbons (Fsp3) is 0.500. The van der Waals surface area contributed by atoms with Crippen LogP contribution in [0.15, 0.2) is 26.5 Å². The minimum Gasteiger partial charge on any atom is -0.478 e. The van der Waals surface area contributed by atoms with Crippen LogP contribution in [0, 0.1) is 0 Å². The Morgan fingerprint density at radius 1 is 1.41 bits per heavy atom. The number of hydrogen-bond donors (Lipinski definition) is 6. The van der Waals surface area contributed by atoms with Gasteiger partial charge in [0.1, 0.15) is 17.6 Å². The van der Waals surface area contributed by atoms with Gasteiger partial charge < -0.3 is 36.8 Å². The van der Waals surface area contributed by atoms with Crippen LogP contribution in [0.25, 0.3) is 0 Å². The monoisotopic (exact) mass is 593 g/mol. The molecule has 3 atom stereocenters. The maximum absolute atomic E-state index is 13.1. The fourth-order valence-corrected chi connectivity index (χ4v) is 4.45. The normalized spacial score (nSPS) is 21.5. The smallest absolute Gasteiger partial charge is 0.404 e. The van der Waals surface area contributed by atoms with Gasteiger partial charge in [0.15, 0.2) is 5.71 Å². The van der Waals surface area contributed by atoms with Crippen LogP contribution in [-0.4, -0.2) is 106 Å². The van der Waals surface area contributed by atoms with Crippen molar-refractivity contribution < 1.29 is 46.8 Å². The number of carboxylic acids is 1. The Morgan fingerprint density at radius 2 is 2.08 bits per heavy atom. The topological polar surface area (TPSA) is 281 Å². The second-order valence-electron chi connectivity index (χ2n) is 8.16. The first-order valence-electron chi connectivity index (χ1n) is 10.8. The van der Waals surface area contributed by atoms with Gasteiger partial charge in [-0.05, 0) is 13.8 Å². The van der Waals surface area contributed by atoms with E-state index >= 15 is 0 Å². The van der Waals surface area contributed by atoms with Crippen LogP contribution < -0.4 is 22.1 Å². The number of oxime groups is 1. The van der Waals surface area contributed by atoms with Gasteiger partial charge in [0.05, 0.1) is 18.8 Å². The number of primary amides is 1. The number of nitrogens with two attached hydrogens (primary N) is 2. The molecule has 1 fully saturated rings. The van der Waals surface area contributed by atoms with Crippen LogP contribution in [0.5, 0.6) is 0 Å². The predicted molar refractivity (Wildman–Crippen MR) is 136 cm³/mol. The quantitative estimate of drug-likeness (QED) is 0.0400. The Kier molecular flexibility index (Phi) is 10.2. The molecule has 0 saturated carbocycles. The van der Waals surface area contributed by atoms with Gasteiger partial charge in [-0.2, -0.15) is 23.7 Å². The van der Waals surface area contributed by atoms with Crippen LogP contribution in [0.3, 0.4) is 0 Å². The zero-order chi connectivity index (χ0) is 29.5. The number of hydrogen-bond acceptors (Lipinski definition) is 15. The minimum atomic E-state index is -5.05. The largest absolute Gasteiger partial charge is 0.478 e. The number of amides is 3. The van der Waals surface area contributed by atoms with E-state index in [1.165, 1.54) is 25.5 Å². The number of carbonyl (C=O) groups excluding carboxylic acids is 3. The molecule has 3 amide bonds. The van der Waals surface area contributed by atoms with Gasteiger partial charge in [0.2, 0.25) is 5.60 Å². The summed E-state index contributed by atoms with van der Waals surface area (Å²) in [6.45, 7) is 5.06. The first-order valence-corrected chi connectivity index (χ1v) is 13.1. The van der Waals surface area contributed by atoms with Gasteiger partial charge in [-0.1, -0.05) is 16.9 Å². The molecule has 19 nitrogen and oxygen atoms in total. The van der Waals surface area contributed by atoms with Crippen LogP contribution in [0.4, 0.5) is 4.79 Å². The van der Waals surface area contributed by atoms with Crippen molar-refractivity contribution in [2.75, 3.05) is 13.2 Å². The molecule has 21 heteroatoms. The Labute approximate surface area is 226 Å². The number of thioether (sulfide) groups is 1. The van der Waals surface area contributed by atoms with Crippen LogP contribution in [0.1, 0.15) is 20.3 Å². The van der Waals surface area contributed by atoms with Crippen molar-refractivity contribution in [1.29, 1.82) is 0 Å². The fourth-order valence-electron chi connectivity index (χ4n) is 2.92. The number of hydrazone groups is 2. The molecule has 0 aromatic heterocycles. The average Bonchev–Trinajstić information content (AvgIpc) is 3.25. The number of nitrogens with one attached hydrogen (secondary N) is 2. The van der Waals surface area contributed by atoms with E-state index < -0.39 is 69.6 Å². The van der Waals surface area contributed by atoms with Gasteiger partial charge in [-0.15, -0.1) is 0 Å². The molecule has 0 aliphatic carbocycles. The lowest BCUT2D eigenvalue weighted by atomic mass is 9.98. The van der Waals surface area contributed by atoms with Crippen molar-refractivity contribution in [2.24, 2.45) is 26.8 Å². The van der Waals surface area contributed by atoms with E-state index in [2.05, 4.69) is 37.4 Å². The molecule has 0 aromatic rings. The molecule has 2 heterocycles. The Balaban J connectivity index is 2.26. The number of carbonyl (C=O) groups is 4. The molecular formula is C18H27N9O10S2. The molecule has 39 heavy (non-hydrogen) atoms. The molecule has 216 valence electrons. The predicted octanol–water partition coefficient (Wildman–Crippen LogP) is -2.47. The summed E-state index contributed by atoms with van der Waals surface area (Å²) in [6.07, 6.45) is 0.325. The van der Waals surface area contributed by atoms with Crippen molar-refractivity contribution in [2.45, 2.75) is 43.5 Å². The molecule has 0 radical (unpaired) electrons. The third-order valence-electron chi connectivity index (χ3n) is 4.90. The van der Waals surface area contributed by atoms with E-state index in [9.17, 15) is 37.3 Å². The van der Waals surface area contributed by atoms with Gasteiger partial charge in [0.25, 0.3) is 11.8 Å². The average molecular weight is 594 g/mol. The third kappa shape index (κ3) is 8.27. The lowest BCUT2D eigenvalue weighted by Gasteiger charge is -2.44. The molecule has 0 bridgehead atoms. The van der Waals surface area contributed by atoms with Crippen molar-refractivity contribution >= 4 is 64.6 Å². The van der Waals surface area contributed by atoms with Crippen molar-refractivity contribution in [3.8, 4) is 0 Å². The van der Waals surface area contributed by atoms with Crippen LogP contribution in [-0.2, 0) is 34.3 Å². The van der Waals surface area contributed by atoms with Gasteiger partial charge in [0, 0.05) is 24.8 Å². The first kappa shape index (κ1) is 31.3. The number of nitrogens with zero attached hydrogens (tertiary/aromatic N) is 5. The second kappa shape index (κ2) is 12.7. The SMILES string of the molecule is C=NN(CC1C(NC(=O)/C(=N\OC(C)(C)C(=O)O)C2=CSC(N)N2)C(=O)N1S(=O)(=O)O)/N=C\CCOC(N)=O. The summed E-state index contributed by atoms with van der Waals surface area (Å²) in [6, 6.07) is -2.95. The highest BCUT2D eigenvalue weighted by Crippen LogP contribution is 2.26. The Hall–Kier alpha value is -3.95. The summed E-state index contributed by atoms with van der Waals surface area (Å²) in [7, 11) is -5.05. The molecule has 2 rings (SSSR count). The van der Waals surface area contributed by atoms with E-state index in [1.807, 2.05) is 0 Å². The van der Waals surface area contributed by atoms with Gasteiger partial charge in [-0.3, -0.25) is 14.1 Å². The van der Waals surface area contributed by atoms with Crippen molar-refractivity contribution in [1.82, 2.24) is 20.1 Å². The highest BCUT2D eigenvalue weighted by atomic mass is 32.2. The zero-order valence-electron chi connectivity index (χ0n) is 20.6. The lowest BCUT2D eigenvalue weighted by molar-refractivity contribution is -0.161. The standard InChI is InChI=1S/C18H27N9O10S2/c1-18(2,15(30)31)37-25-11(9-8-38-16(19)23-9)13(28)24-12-10(27(14(12)29)39(33,34)35)7-26(21-3)22-5-4-6-36-17(20)32/h5,8,10,12,16,23H,3-4,6-7,19H2,1-2H3,(H2,20,32)(H,24,28)(H,30,31)(H,33,34,35)/b22-5-,25-11-. The highest BCUT2D eigenvalue weighted by molar-refractivity contribution is 8.02. The maximum Gasteiger partial charge on any atom is 0.404 e. The van der Waals surface area contributed by atoms with E-state index in [0.29, 0.717) is 0 Å². The summed E-state index contributed by atoms with van der Waals surface area (Å²) >= 11 is 1.07. The van der Waals surface area contributed by atoms with Crippen LogP contribution >= 0.6 is 11.8 Å². The molecule has 8 N–H and O–H groups in total. The molecular weight excluding hydrogens is 566 g/mol. The molecule has 1 saturated heterocycles. The molecule has 3 unspecified atom stereocenters. The zero-order valence-corrected chi connectivity index (χ0v) is 22.2. The number of aliphatic carboxylic acids is 1. The van der Waals surface area contributed by atoms with E-state index in [-0.39, 0.29) is 23.0 Å². The number of carboxylic acid groups (broad SMARTS) is 1. The molecule has 0 aromatic carbocycles. The first-order chi connectivity index (χ1) is 18.1. The summed E-state index contributed by atoms with van der Waals surface area (Å²) in [5.74, 6) is -3.64. The van der Waals surface area contributed by atoms with Crippen molar-refractivity contribution in [3.05, 3.63) is 11.1 Å². The highest BCUT2D eigenvalue weighted by Gasteiger charge is 2.55. The van der Waals surface area contributed by atoms with E-state index in [1.54, 1.807) is 0 Å². The minimum absolute atomic E-state index is 0.0401. The molecule has 0 spiro atoms. The second-order valence-corrected chi connectivity index (χ2v) is 10.5. The summed E-state index contributed by atoms with van der Waals surface area (Å²) in [5, 5.41) is 27.6.